The van der Waals surface area contributed by atoms with Gasteiger partial charge in [0.25, 0.3) is 5.69 Å². The topological polar surface area (TPSA) is 247 Å². The molecule has 17 nitrogen and oxygen atoms in total. The maximum Gasteiger partial charge on any atom is 0.407 e. The molecule has 2 fully saturated rings. The number of nitrogens with two attached hydrogens (primary N) is 1. The van der Waals surface area contributed by atoms with Gasteiger partial charge < -0.3 is 40.2 Å². The van der Waals surface area contributed by atoms with E-state index in [1.54, 1.807) is 45.0 Å². The number of carbonyl (C=O) groups excluding carboxylic acids is 2. The Morgan fingerprint density at radius 3 is 2.50 bits per heavy atom. The highest BCUT2D eigenvalue weighted by Crippen LogP contribution is 2.46. The standard InChI is InChI=1S/C49H58N4O13S2/c1-29(2)25-52(68(61,62)34-15-16-39(53(59)60)31(23-34)12-17-43(50)55)26-40(54)38(51-47(58)66-41-28-65-49(5)37(41)19-21-64-49)22-30-10-13-33(14-11-30)63-27-32-8-6-7-9-35(32)45-44(46(56)57)36-24-48(3,4)20-18-42(36)67-45/h6-17,23,29,37-38,40-41,54H,18-22,24-28H2,1-5H3,(H2,50,55)(H,51,58)(H,56,57)/b17-12+/t37-,38-,40+,41-,49+/m0/s1. The van der Waals surface area contributed by atoms with E-state index in [1.807, 2.05) is 24.3 Å². The van der Waals surface area contributed by atoms with E-state index >= 15 is 0 Å². The fourth-order valence-electron chi connectivity index (χ4n) is 9.18. The number of aryl methyl sites for hydroxylation is 1. The fraction of sp³-hybridized carbons (Fsp3) is 0.449. The van der Waals surface area contributed by atoms with Crippen LogP contribution in [0.4, 0.5) is 10.5 Å². The highest BCUT2D eigenvalue weighted by molar-refractivity contribution is 7.89. The van der Waals surface area contributed by atoms with Crippen LogP contribution in [0.25, 0.3) is 16.5 Å². The van der Waals surface area contributed by atoms with Gasteiger partial charge in [0.2, 0.25) is 15.9 Å². The summed E-state index contributed by atoms with van der Waals surface area (Å²) in [7, 11) is -4.45. The smallest absolute Gasteiger partial charge is 0.407 e. The van der Waals surface area contributed by atoms with Gasteiger partial charge in [0.05, 0.1) is 52.2 Å². The zero-order valence-electron chi connectivity index (χ0n) is 38.6. The van der Waals surface area contributed by atoms with Crippen LogP contribution in [0, 0.1) is 27.4 Å². The molecule has 2 amide bonds. The second-order valence-electron chi connectivity index (χ2n) is 18.9. The minimum absolute atomic E-state index is 0.00482. The average molecular weight is 975 g/mol. The molecule has 7 rings (SSSR count). The molecule has 1 aliphatic carbocycles. The number of hydrogen-bond donors (Lipinski definition) is 4. The second-order valence-corrected chi connectivity index (χ2v) is 22.0. The van der Waals surface area contributed by atoms with Gasteiger partial charge in [0, 0.05) is 35.0 Å². The summed E-state index contributed by atoms with van der Waals surface area (Å²) < 4.78 is 53.4. The van der Waals surface area contributed by atoms with Crippen LogP contribution in [-0.2, 0) is 54.9 Å². The van der Waals surface area contributed by atoms with Crippen LogP contribution in [0.3, 0.4) is 0 Å². The summed E-state index contributed by atoms with van der Waals surface area (Å²) in [6, 6.07) is 16.7. The Labute approximate surface area is 399 Å². The van der Waals surface area contributed by atoms with Crippen molar-refractivity contribution in [1.29, 1.82) is 0 Å². The van der Waals surface area contributed by atoms with Crippen LogP contribution in [0.2, 0.25) is 0 Å². The molecular weight excluding hydrogens is 917 g/mol. The molecule has 3 heterocycles. The Morgan fingerprint density at radius 2 is 1.81 bits per heavy atom. The first-order valence-corrected chi connectivity index (χ1v) is 24.8. The molecule has 5 atom stereocenters. The molecule has 364 valence electrons. The van der Waals surface area contributed by atoms with Crippen molar-refractivity contribution in [2.45, 2.75) is 102 Å². The summed E-state index contributed by atoms with van der Waals surface area (Å²) >= 11 is 1.53. The van der Waals surface area contributed by atoms with Gasteiger partial charge in [-0.1, -0.05) is 64.1 Å². The maximum absolute atomic E-state index is 14.3. The minimum atomic E-state index is -4.45. The molecule has 0 saturated carbocycles. The van der Waals surface area contributed by atoms with Gasteiger partial charge in [-0.15, -0.1) is 11.3 Å². The van der Waals surface area contributed by atoms with E-state index in [4.69, 9.17) is 24.7 Å². The van der Waals surface area contributed by atoms with Crippen LogP contribution < -0.4 is 15.8 Å². The number of carboxylic acid groups (broad SMARTS) is 1. The molecule has 19 heteroatoms. The number of thiophene rings is 1. The number of amides is 2. The van der Waals surface area contributed by atoms with Crippen molar-refractivity contribution in [3.63, 3.8) is 0 Å². The minimum Gasteiger partial charge on any atom is -0.489 e. The molecule has 3 aliphatic rings. The molecule has 1 aromatic heterocycles. The molecule has 0 bridgehead atoms. The normalized spacial score (nSPS) is 20.8. The molecule has 4 aromatic rings. The SMILES string of the molecule is CC(C)CN(C[C@@H](O)[C@H](Cc1ccc(OCc2ccccc2-c2sc3c(c2C(=O)O)CC(C)(C)CC3)cc1)NC(=O)O[C@H]1CO[C@@]2(C)OCC[C@@H]12)S(=O)(=O)c1ccc([N+](=O)[O-])c(/C=C/C(N)=O)c1. The predicted octanol–water partition coefficient (Wildman–Crippen LogP) is 7.11. The van der Waals surface area contributed by atoms with Crippen molar-refractivity contribution < 1.29 is 56.9 Å². The van der Waals surface area contributed by atoms with E-state index in [0.29, 0.717) is 41.2 Å². The largest absolute Gasteiger partial charge is 0.489 e. The third-order valence-corrected chi connectivity index (χ3v) is 15.9. The molecule has 5 N–H and O–H groups in total. The van der Waals surface area contributed by atoms with Gasteiger partial charge in [-0.05, 0) is 103 Å². The number of benzene rings is 3. The summed E-state index contributed by atoms with van der Waals surface area (Å²) in [5.41, 5.74) is 8.13. The summed E-state index contributed by atoms with van der Waals surface area (Å²) in [6.45, 7) is 9.82. The summed E-state index contributed by atoms with van der Waals surface area (Å²) in [5.74, 6) is -2.68. The Balaban J connectivity index is 1.11. The Bertz CT molecular complexity index is 2680. The first kappa shape index (κ1) is 50.2. The van der Waals surface area contributed by atoms with Crippen LogP contribution in [0.15, 0.2) is 77.7 Å². The molecule has 0 radical (unpaired) electrons. The number of alkyl carbamates (subject to hydrolysis) is 1. The monoisotopic (exact) mass is 974 g/mol. The quantitative estimate of drug-likeness (QED) is 0.0416. The highest BCUT2D eigenvalue weighted by Gasteiger charge is 2.53. The Hall–Kier alpha value is -5.70. The van der Waals surface area contributed by atoms with Gasteiger partial charge in [0.15, 0.2) is 5.79 Å². The van der Waals surface area contributed by atoms with Crippen LogP contribution >= 0.6 is 11.3 Å². The lowest BCUT2D eigenvalue weighted by molar-refractivity contribution is -0.385. The molecule has 2 saturated heterocycles. The van der Waals surface area contributed by atoms with Crippen molar-refractivity contribution in [1.82, 2.24) is 9.62 Å². The van der Waals surface area contributed by atoms with Gasteiger partial charge in [-0.25, -0.2) is 18.0 Å². The second kappa shape index (κ2) is 20.5. The van der Waals surface area contributed by atoms with Crippen molar-refractivity contribution in [2.75, 3.05) is 26.3 Å². The number of aliphatic hydroxyl groups excluding tert-OH is 1. The molecule has 3 aromatic carbocycles. The highest BCUT2D eigenvalue weighted by atomic mass is 32.2. The first-order valence-electron chi connectivity index (χ1n) is 22.5. The van der Waals surface area contributed by atoms with Crippen LogP contribution in [-0.4, -0.2) is 96.2 Å². The first-order chi connectivity index (χ1) is 32.1. The number of hydrogen-bond acceptors (Lipinski definition) is 13. The third-order valence-electron chi connectivity index (χ3n) is 12.7. The number of fused-ring (bicyclic) bond motifs is 2. The zero-order valence-corrected chi connectivity index (χ0v) is 40.3. The number of aromatic carboxylic acids is 1. The molecule has 2 aliphatic heterocycles. The maximum atomic E-state index is 14.3. The van der Waals surface area contributed by atoms with E-state index in [-0.39, 0.29) is 53.9 Å². The number of ether oxygens (including phenoxy) is 4. The van der Waals surface area contributed by atoms with E-state index in [1.165, 1.54) is 11.3 Å². The summed E-state index contributed by atoms with van der Waals surface area (Å²) in [6.07, 6.45) is 2.10. The van der Waals surface area contributed by atoms with Gasteiger partial charge in [0.1, 0.15) is 18.5 Å². The van der Waals surface area contributed by atoms with E-state index < -0.39 is 69.2 Å². The number of rotatable bonds is 19. The van der Waals surface area contributed by atoms with Crippen molar-refractivity contribution in [3.05, 3.63) is 116 Å². The predicted molar refractivity (Wildman–Crippen MR) is 254 cm³/mol. The van der Waals surface area contributed by atoms with Gasteiger partial charge in [-0.2, -0.15) is 4.31 Å². The fourth-order valence-corrected chi connectivity index (χ4v) is 12.2. The average Bonchev–Trinajstić information content (AvgIpc) is 3.94. The third kappa shape index (κ3) is 11.4. The molecule has 0 unspecified atom stereocenters. The number of sulfonamides is 1. The Kier molecular flexibility index (Phi) is 15.1. The van der Waals surface area contributed by atoms with Gasteiger partial charge >= 0.3 is 12.1 Å². The van der Waals surface area contributed by atoms with Crippen LogP contribution in [0.5, 0.6) is 5.75 Å². The van der Waals surface area contributed by atoms with Crippen molar-refractivity contribution in [2.24, 2.45) is 23.0 Å². The van der Waals surface area contributed by atoms with E-state index in [9.17, 15) is 43.1 Å². The van der Waals surface area contributed by atoms with Crippen LogP contribution in [0.1, 0.15) is 84.9 Å². The number of primary amides is 1. The number of carbonyl (C=O) groups is 3. The lowest BCUT2D eigenvalue weighted by Crippen LogP contribution is -2.51. The van der Waals surface area contributed by atoms with Crippen molar-refractivity contribution >= 4 is 51.1 Å². The Morgan fingerprint density at radius 1 is 1.07 bits per heavy atom. The number of nitro groups is 1. The number of nitrogens with one attached hydrogen (secondary N) is 1. The molecule has 68 heavy (non-hydrogen) atoms. The number of carboxylic acids is 1. The number of aliphatic hydroxyl groups is 1. The van der Waals surface area contributed by atoms with Crippen molar-refractivity contribution in [3.8, 4) is 16.2 Å². The van der Waals surface area contributed by atoms with Gasteiger partial charge in [-0.3, -0.25) is 14.9 Å². The zero-order chi connectivity index (χ0) is 49.1. The molecular formula is C49H58N4O13S2. The summed E-state index contributed by atoms with van der Waals surface area (Å²) in [5, 5.41) is 36.9. The molecule has 0 spiro atoms. The van der Waals surface area contributed by atoms with E-state index in [0.717, 1.165) is 69.1 Å². The van der Waals surface area contributed by atoms with E-state index in [2.05, 4.69) is 19.2 Å². The number of nitrogens with zero attached hydrogens (tertiary/aromatic N) is 2. The lowest BCUT2D eigenvalue weighted by Gasteiger charge is -2.31. The summed E-state index contributed by atoms with van der Waals surface area (Å²) in [4.78, 5) is 50.4. The lowest BCUT2D eigenvalue weighted by atomic mass is 9.76. The number of nitro benzene ring substituents is 1.